The van der Waals surface area contributed by atoms with E-state index in [0.717, 1.165) is 11.3 Å². The first-order chi connectivity index (χ1) is 11.6. The lowest BCUT2D eigenvalue weighted by Crippen LogP contribution is -2.50. The molecule has 2 amide bonds. The number of rotatable bonds is 5. The van der Waals surface area contributed by atoms with Gasteiger partial charge in [-0.15, -0.1) is 0 Å². The lowest BCUT2D eigenvalue weighted by Gasteiger charge is -2.34. The molecule has 1 saturated heterocycles. The summed E-state index contributed by atoms with van der Waals surface area (Å²) in [6.45, 7) is 4.20. The lowest BCUT2D eigenvalue weighted by molar-refractivity contribution is -0.136. The number of ether oxygens (including phenoxy) is 1. The molecular formula is C19H24N2O3. The van der Waals surface area contributed by atoms with Gasteiger partial charge in [-0.25, -0.2) is 0 Å². The zero-order valence-corrected chi connectivity index (χ0v) is 14.3. The number of nitrogens with zero attached hydrogens (tertiary/aromatic N) is 2. The highest BCUT2D eigenvalue weighted by atomic mass is 16.5. The highest BCUT2D eigenvalue weighted by molar-refractivity contribution is 5.88. The zero-order valence-electron chi connectivity index (χ0n) is 14.3. The third-order valence-corrected chi connectivity index (χ3v) is 3.98. The number of methoxy groups -OCH3 is 1. The molecule has 0 atom stereocenters. The summed E-state index contributed by atoms with van der Waals surface area (Å²) in [5.74, 6) is 0.830. The maximum absolute atomic E-state index is 12.4. The average molecular weight is 328 g/mol. The van der Waals surface area contributed by atoms with E-state index in [9.17, 15) is 9.59 Å². The third-order valence-electron chi connectivity index (χ3n) is 3.98. The van der Waals surface area contributed by atoms with Gasteiger partial charge in [0.05, 0.1) is 13.5 Å². The van der Waals surface area contributed by atoms with E-state index < -0.39 is 0 Å². The third kappa shape index (κ3) is 4.98. The van der Waals surface area contributed by atoms with Crippen LogP contribution in [0.5, 0.6) is 5.75 Å². The van der Waals surface area contributed by atoms with E-state index in [1.807, 2.05) is 48.2 Å². The Hall–Kier alpha value is -2.56. The van der Waals surface area contributed by atoms with Gasteiger partial charge in [-0.2, -0.15) is 0 Å². The van der Waals surface area contributed by atoms with Gasteiger partial charge in [0.2, 0.25) is 11.8 Å². The molecule has 5 heteroatoms. The molecule has 1 fully saturated rings. The number of benzene rings is 1. The highest BCUT2D eigenvalue weighted by Crippen LogP contribution is 2.14. The molecular weight excluding hydrogens is 304 g/mol. The first-order valence-electron chi connectivity index (χ1n) is 8.13. The summed E-state index contributed by atoms with van der Waals surface area (Å²) in [5.41, 5.74) is 0.937. The van der Waals surface area contributed by atoms with Crippen molar-refractivity contribution >= 4 is 11.8 Å². The number of allylic oxidation sites excluding steroid dienone is 3. The molecule has 1 heterocycles. The molecule has 0 aliphatic carbocycles. The first-order valence-corrected chi connectivity index (χ1v) is 8.13. The number of carbonyl (C=O) groups is 2. The van der Waals surface area contributed by atoms with Crippen LogP contribution in [0, 0.1) is 0 Å². The van der Waals surface area contributed by atoms with E-state index in [1.54, 1.807) is 24.2 Å². The van der Waals surface area contributed by atoms with E-state index in [0.29, 0.717) is 32.6 Å². The molecule has 128 valence electrons. The molecule has 0 spiro atoms. The standard InChI is InChI=1S/C19H24N2O3/c1-3-4-5-9-18(22)20-10-12-21(13-11-20)19(23)15-16-7-6-8-17(14-16)24-2/h3-9,14H,10-13,15H2,1-2H3/b4-3+,9-5+. The Bertz CT molecular complexity index is 629. The first kappa shape index (κ1) is 17.8. The number of amides is 2. The summed E-state index contributed by atoms with van der Waals surface area (Å²) in [6, 6.07) is 7.55. The Kier molecular flexibility index (Phi) is 6.61. The maximum atomic E-state index is 12.4. The van der Waals surface area contributed by atoms with Crippen LogP contribution in [-0.4, -0.2) is 54.9 Å². The van der Waals surface area contributed by atoms with Crippen molar-refractivity contribution in [1.82, 2.24) is 9.80 Å². The van der Waals surface area contributed by atoms with Crippen LogP contribution in [0.25, 0.3) is 0 Å². The van der Waals surface area contributed by atoms with Crippen LogP contribution < -0.4 is 4.74 Å². The fraction of sp³-hybridized carbons (Fsp3) is 0.368. The summed E-state index contributed by atoms with van der Waals surface area (Å²) in [5, 5.41) is 0. The molecule has 1 aliphatic rings. The number of piperazine rings is 1. The quantitative estimate of drug-likeness (QED) is 0.614. The minimum atomic E-state index is -0.00649. The van der Waals surface area contributed by atoms with Gasteiger partial charge in [0.1, 0.15) is 5.75 Å². The molecule has 0 bridgehead atoms. The maximum Gasteiger partial charge on any atom is 0.246 e. The van der Waals surface area contributed by atoms with Gasteiger partial charge in [-0.05, 0) is 24.6 Å². The zero-order chi connectivity index (χ0) is 17.4. The molecule has 1 aromatic carbocycles. The average Bonchev–Trinajstić information content (AvgIpc) is 2.62. The minimum Gasteiger partial charge on any atom is -0.497 e. The highest BCUT2D eigenvalue weighted by Gasteiger charge is 2.23. The van der Waals surface area contributed by atoms with Crippen LogP contribution in [0.2, 0.25) is 0 Å². The van der Waals surface area contributed by atoms with Gasteiger partial charge >= 0.3 is 0 Å². The van der Waals surface area contributed by atoms with Crippen LogP contribution in [0.1, 0.15) is 12.5 Å². The van der Waals surface area contributed by atoms with Crippen LogP contribution >= 0.6 is 0 Å². The van der Waals surface area contributed by atoms with Crippen molar-refractivity contribution in [2.45, 2.75) is 13.3 Å². The van der Waals surface area contributed by atoms with Gasteiger partial charge < -0.3 is 14.5 Å². The minimum absolute atomic E-state index is 0.00649. The van der Waals surface area contributed by atoms with Crippen LogP contribution in [0.4, 0.5) is 0 Å². The van der Waals surface area contributed by atoms with Gasteiger partial charge in [0.15, 0.2) is 0 Å². The number of hydrogen-bond acceptors (Lipinski definition) is 3. The molecule has 24 heavy (non-hydrogen) atoms. The second-order valence-corrected chi connectivity index (χ2v) is 5.62. The Balaban J connectivity index is 1.85. The van der Waals surface area contributed by atoms with Gasteiger partial charge in [-0.3, -0.25) is 9.59 Å². The lowest BCUT2D eigenvalue weighted by atomic mass is 10.1. The molecule has 1 aliphatic heterocycles. The van der Waals surface area contributed by atoms with Crippen molar-refractivity contribution in [3.8, 4) is 5.75 Å². The largest absolute Gasteiger partial charge is 0.497 e. The van der Waals surface area contributed by atoms with Crippen molar-refractivity contribution in [2.75, 3.05) is 33.3 Å². The monoisotopic (exact) mass is 328 g/mol. The smallest absolute Gasteiger partial charge is 0.246 e. The summed E-state index contributed by atoms with van der Waals surface area (Å²) in [7, 11) is 1.61. The van der Waals surface area contributed by atoms with E-state index in [2.05, 4.69) is 0 Å². The summed E-state index contributed by atoms with van der Waals surface area (Å²) in [4.78, 5) is 28.0. The summed E-state index contributed by atoms with van der Waals surface area (Å²) >= 11 is 0. The van der Waals surface area contributed by atoms with Crippen molar-refractivity contribution < 1.29 is 14.3 Å². The number of hydrogen-bond donors (Lipinski definition) is 0. The van der Waals surface area contributed by atoms with Crippen molar-refractivity contribution in [2.24, 2.45) is 0 Å². The Labute approximate surface area is 143 Å². The van der Waals surface area contributed by atoms with Gasteiger partial charge in [0.25, 0.3) is 0 Å². The number of carbonyl (C=O) groups excluding carboxylic acids is 2. The molecule has 0 saturated carbocycles. The normalized spacial score (nSPS) is 15.2. The fourth-order valence-electron chi connectivity index (χ4n) is 2.60. The molecule has 0 aromatic heterocycles. The van der Waals surface area contributed by atoms with Gasteiger partial charge in [0, 0.05) is 32.3 Å². The molecule has 0 radical (unpaired) electrons. The van der Waals surface area contributed by atoms with E-state index in [-0.39, 0.29) is 11.8 Å². The second kappa shape index (κ2) is 8.91. The Morgan fingerprint density at radius 1 is 1.12 bits per heavy atom. The summed E-state index contributed by atoms with van der Waals surface area (Å²) < 4.78 is 5.18. The van der Waals surface area contributed by atoms with E-state index in [1.165, 1.54) is 0 Å². The van der Waals surface area contributed by atoms with Crippen LogP contribution in [0.3, 0.4) is 0 Å². The second-order valence-electron chi connectivity index (χ2n) is 5.62. The molecule has 0 N–H and O–H groups in total. The summed E-state index contributed by atoms with van der Waals surface area (Å²) in [6.07, 6.45) is 7.35. The SMILES string of the molecule is C/C=C/C=C/C(=O)N1CCN(C(=O)Cc2cccc(OC)c2)CC1. The van der Waals surface area contributed by atoms with Gasteiger partial charge in [-0.1, -0.05) is 30.4 Å². The van der Waals surface area contributed by atoms with Crippen LogP contribution in [-0.2, 0) is 16.0 Å². The predicted octanol–water partition coefficient (Wildman–Crippen LogP) is 2.04. The van der Waals surface area contributed by atoms with Crippen molar-refractivity contribution in [3.63, 3.8) is 0 Å². The molecule has 5 nitrogen and oxygen atoms in total. The fourth-order valence-corrected chi connectivity index (χ4v) is 2.60. The Morgan fingerprint density at radius 3 is 2.50 bits per heavy atom. The van der Waals surface area contributed by atoms with Crippen molar-refractivity contribution in [3.05, 3.63) is 54.1 Å². The topological polar surface area (TPSA) is 49.9 Å². The molecule has 2 rings (SSSR count). The predicted molar refractivity (Wildman–Crippen MR) is 93.8 cm³/mol. The van der Waals surface area contributed by atoms with E-state index in [4.69, 9.17) is 4.74 Å². The molecule has 1 aromatic rings. The van der Waals surface area contributed by atoms with Crippen LogP contribution in [0.15, 0.2) is 48.6 Å². The Morgan fingerprint density at radius 2 is 1.83 bits per heavy atom. The van der Waals surface area contributed by atoms with E-state index >= 15 is 0 Å². The molecule has 0 unspecified atom stereocenters. The van der Waals surface area contributed by atoms with Crippen molar-refractivity contribution in [1.29, 1.82) is 0 Å².